The van der Waals surface area contributed by atoms with E-state index in [0.717, 1.165) is 16.9 Å². The van der Waals surface area contributed by atoms with Gasteiger partial charge in [0.1, 0.15) is 0 Å². The highest BCUT2D eigenvalue weighted by molar-refractivity contribution is 5.35. The van der Waals surface area contributed by atoms with E-state index in [9.17, 15) is 4.79 Å². The highest BCUT2D eigenvalue weighted by atomic mass is 16.1. The number of rotatable bonds is 2. The zero-order chi connectivity index (χ0) is 12.6. The second-order valence-electron chi connectivity index (χ2n) is 4.78. The molecule has 0 aliphatic rings. The summed E-state index contributed by atoms with van der Waals surface area (Å²) in [4.78, 5) is 12.1. The van der Waals surface area contributed by atoms with Crippen LogP contribution < -0.4 is 5.56 Å². The van der Waals surface area contributed by atoms with Crippen LogP contribution in [0.5, 0.6) is 0 Å². The minimum Gasteiger partial charge on any atom is -0.294 e. The minimum atomic E-state index is 0.0394. The first-order valence-corrected chi connectivity index (χ1v) is 5.89. The molecule has 0 aliphatic carbocycles. The van der Waals surface area contributed by atoms with Crippen molar-refractivity contribution >= 4 is 0 Å². The van der Waals surface area contributed by atoms with Crippen molar-refractivity contribution in [2.45, 2.75) is 33.6 Å². The SMILES string of the molecule is Cc1ccc(-n2[nH]c(C(C)C)c(C)c2=O)cc1. The number of hydrogen-bond donors (Lipinski definition) is 1. The number of nitrogens with zero attached hydrogens (tertiary/aromatic N) is 1. The van der Waals surface area contributed by atoms with Gasteiger partial charge in [-0.05, 0) is 31.9 Å². The largest absolute Gasteiger partial charge is 0.294 e. The van der Waals surface area contributed by atoms with Gasteiger partial charge < -0.3 is 0 Å². The number of aromatic amines is 1. The van der Waals surface area contributed by atoms with Gasteiger partial charge in [0, 0.05) is 11.3 Å². The molecule has 0 saturated heterocycles. The molecule has 0 atom stereocenters. The van der Waals surface area contributed by atoms with Crippen LogP contribution in [0.4, 0.5) is 0 Å². The number of nitrogens with one attached hydrogen (secondary N) is 1. The Kier molecular flexibility index (Phi) is 2.92. The molecular weight excluding hydrogens is 212 g/mol. The van der Waals surface area contributed by atoms with Crippen molar-refractivity contribution in [2.75, 3.05) is 0 Å². The van der Waals surface area contributed by atoms with Crippen molar-refractivity contribution in [3.63, 3.8) is 0 Å². The Morgan fingerprint density at radius 3 is 2.18 bits per heavy atom. The van der Waals surface area contributed by atoms with Crippen molar-refractivity contribution in [3.05, 3.63) is 51.4 Å². The number of hydrogen-bond acceptors (Lipinski definition) is 1. The minimum absolute atomic E-state index is 0.0394. The molecular formula is C14H18N2O. The standard InChI is InChI=1S/C14H18N2O/c1-9(2)13-11(4)14(17)16(15-13)12-7-5-10(3)6-8-12/h5-9,15H,1-4H3. The first kappa shape index (κ1) is 11.7. The predicted octanol–water partition coefficient (Wildman–Crippen LogP) is 2.91. The molecule has 1 heterocycles. The van der Waals surface area contributed by atoms with E-state index in [2.05, 4.69) is 18.9 Å². The second-order valence-corrected chi connectivity index (χ2v) is 4.78. The van der Waals surface area contributed by atoms with Crippen molar-refractivity contribution in [1.29, 1.82) is 0 Å². The maximum atomic E-state index is 12.1. The fourth-order valence-corrected chi connectivity index (χ4v) is 1.98. The molecule has 0 amide bonds. The lowest BCUT2D eigenvalue weighted by atomic mass is 10.1. The molecule has 90 valence electrons. The number of H-pyrrole nitrogens is 1. The molecule has 0 spiro atoms. The molecule has 0 radical (unpaired) electrons. The second kappa shape index (κ2) is 4.24. The Morgan fingerprint density at radius 2 is 1.71 bits per heavy atom. The molecule has 3 nitrogen and oxygen atoms in total. The topological polar surface area (TPSA) is 37.8 Å². The Labute approximate surface area is 101 Å². The summed E-state index contributed by atoms with van der Waals surface area (Å²) < 4.78 is 1.62. The van der Waals surface area contributed by atoms with E-state index < -0.39 is 0 Å². The zero-order valence-corrected chi connectivity index (χ0v) is 10.7. The number of benzene rings is 1. The summed E-state index contributed by atoms with van der Waals surface area (Å²) in [5.41, 5.74) is 3.93. The molecule has 1 N–H and O–H groups in total. The van der Waals surface area contributed by atoms with Crippen LogP contribution in [0.15, 0.2) is 29.1 Å². The van der Waals surface area contributed by atoms with Crippen LogP contribution in [0.2, 0.25) is 0 Å². The number of aryl methyl sites for hydroxylation is 1. The maximum absolute atomic E-state index is 12.1. The van der Waals surface area contributed by atoms with Gasteiger partial charge in [0.15, 0.2) is 0 Å². The van der Waals surface area contributed by atoms with Gasteiger partial charge in [-0.25, -0.2) is 4.68 Å². The lowest BCUT2D eigenvalue weighted by Crippen LogP contribution is -2.15. The van der Waals surface area contributed by atoms with Crippen LogP contribution in [0.3, 0.4) is 0 Å². The molecule has 0 saturated carbocycles. The molecule has 2 rings (SSSR count). The predicted molar refractivity (Wildman–Crippen MR) is 70.0 cm³/mol. The van der Waals surface area contributed by atoms with Gasteiger partial charge in [-0.3, -0.25) is 9.89 Å². The lowest BCUT2D eigenvalue weighted by Gasteiger charge is -2.04. The third kappa shape index (κ3) is 2.05. The fraction of sp³-hybridized carbons (Fsp3) is 0.357. The summed E-state index contributed by atoms with van der Waals surface area (Å²) in [6, 6.07) is 7.92. The molecule has 0 fully saturated rings. The average Bonchev–Trinajstić information content (AvgIpc) is 2.58. The number of aromatic nitrogens is 2. The summed E-state index contributed by atoms with van der Waals surface area (Å²) in [5.74, 6) is 0.328. The molecule has 3 heteroatoms. The molecule has 0 unspecified atom stereocenters. The van der Waals surface area contributed by atoms with Crippen molar-refractivity contribution in [1.82, 2.24) is 9.78 Å². The third-order valence-electron chi connectivity index (χ3n) is 3.03. The smallest absolute Gasteiger partial charge is 0.274 e. The van der Waals surface area contributed by atoms with Gasteiger partial charge >= 0.3 is 0 Å². The first-order valence-electron chi connectivity index (χ1n) is 5.89. The highest BCUT2D eigenvalue weighted by Crippen LogP contribution is 2.15. The van der Waals surface area contributed by atoms with Gasteiger partial charge in [-0.2, -0.15) is 0 Å². The van der Waals surface area contributed by atoms with Crippen molar-refractivity contribution in [2.24, 2.45) is 0 Å². The van der Waals surface area contributed by atoms with E-state index in [-0.39, 0.29) is 5.56 Å². The van der Waals surface area contributed by atoms with E-state index in [1.165, 1.54) is 5.56 Å². The molecule has 17 heavy (non-hydrogen) atoms. The zero-order valence-electron chi connectivity index (χ0n) is 10.7. The first-order chi connectivity index (χ1) is 8.00. The molecule has 0 bridgehead atoms. The van der Waals surface area contributed by atoms with Gasteiger partial charge in [-0.15, -0.1) is 0 Å². The lowest BCUT2D eigenvalue weighted by molar-refractivity contribution is 0.759. The Balaban J connectivity index is 2.57. The monoisotopic (exact) mass is 230 g/mol. The van der Waals surface area contributed by atoms with E-state index in [4.69, 9.17) is 0 Å². The van der Waals surface area contributed by atoms with Gasteiger partial charge in [0.05, 0.1) is 5.69 Å². The Hall–Kier alpha value is -1.77. The van der Waals surface area contributed by atoms with Crippen LogP contribution >= 0.6 is 0 Å². The van der Waals surface area contributed by atoms with Crippen LogP contribution in [0.25, 0.3) is 5.69 Å². The van der Waals surface area contributed by atoms with Crippen LogP contribution in [0, 0.1) is 13.8 Å². The summed E-state index contributed by atoms with van der Waals surface area (Å²) in [5, 5.41) is 3.19. The fourth-order valence-electron chi connectivity index (χ4n) is 1.98. The Morgan fingerprint density at radius 1 is 1.12 bits per heavy atom. The summed E-state index contributed by atoms with van der Waals surface area (Å²) in [6.07, 6.45) is 0. The summed E-state index contributed by atoms with van der Waals surface area (Å²) >= 11 is 0. The van der Waals surface area contributed by atoms with Crippen LogP contribution in [-0.4, -0.2) is 9.78 Å². The van der Waals surface area contributed by atoms with E-state index >= 15 is 0 Å². The quantitative estimate of drug-likeness (QED) is 0.846. The van der Waals surface area contributed by atoms with E-state index in [1.807, 2.05) is 38.1 Å². The summed E-state index contributed by atoms with van der Waals surface area (Å²) in [7, 11) is 0. The van der Waals surface area contributed by atoms with Crippen LogP contribution in [-0.2, 0) is 0 Å². The molecule has 1 aromatic heterocycles. The van der Waals surface area contributed by atoms with Crippen LogP contribution in [0.1, 0.15) is 36.6 Å². The van der Waals surface area contributed by atoms with Crippen molar-refractivity contribution < 1.29 is 0 Å². The van der Waals surface area contributed by atoms with Gasteiger partial charge in [-0.1, -0.05) is 31.5 Å². The van der Waals surface area contributed by atoms with E-state index in [0.29, 0.717) is 5.92 Å². The normalized spacial score (nSPS) is 11.1. The molecule has 1 aromatic carbocycles. The highest BCUT2D eigenvalue weighted by Gasteiger charge is 2.13. The maximum Gasteiger partial charge on any atom is 0.274 e. The molecule has 0 aliphatic heterocycles. The van der Waals surface area contributed by atoms with Crippen molar-refractivity contribution in [3.8, 4) is 5.69 Å². The van der Waals surface area contributed by atoms with E-state index in [1.54, 1.807) is 4.68 Å². The Bertz CT molecular complexity index is 573. The third-order valence-corrected chi connectivity index (χ3v) is 3.03. The van der Waals surface area contributed by atoms with Gasteiger partial charge in [0.2, 0.25) is 0 Å². The molecule has 2 aromatic rings. The average molecular weight is 230 g/mol. The van der Waals surface area contributed by atoms with Gasteiger partial charge in [0.25, 0.3) is 5.56 Å². The summed E-state index contributed by atoms with van der Waals surface area (Å²) in [6.45, 7) is 8.07.